The minimum absolute atomic E-state index is 0. The Labute approximate surface area is 143 Å². The molecule has 0 aliphatic carbocycles. The average molecular weight is 335 g/mol. The minimum atomic E-state index is -0.0670. The largest absolute Gasteiger partial charge is 0.496 e. The van der Waals surface area contributed by atoms with Crippen molar-refractivity contribution in [3.8, 4) is 5.75 Å². The summed E-state index contributed by atoms with van der Waals surface area (Å²) in [5.41, 5.74) is 9.46. The van der Waals surface area contributed by atoms with Crippen molar-refractivity contribution in [2.75, 3.05) is 13.7 Å². The van der Waals surface area contributed by atoms with Gasteiger partial charge < -0.3 is 15.8 Å². The zero-order valence-electron chi connectivity index (χ0n) is 13.5. The van der Waals surface area contributed by atoms with Crippen LogP contribution in [-0.2, 0) is 13.0 Å². The van der Waals surface area contributed by atoms with E-state index >= 15 is 0 Å². The molecule has 0 unspecified atom stereocenters. The van der Waals surface area contributed by atoms with E-state index in [0.29, 0.717) is 18.7 Å². The first kappa shape index (κ1) is 19.0. The van der Waals surface area contributed by atoms with Gasteiger partial charge in [-0.1, -0.05) is 24.3 Å². The monoisotopic (exact) mass is 334 g/mol. The van der Waals surface area contributed by atoms with E-state index in [4.69, 9.17) is 10.5 Å². The van der Waals surface area contributed by atoms with E-state index in [0.717, 1.165) is 28.9 Å². The molecule has 23 heavy (non-hydrogen) atoms. The number of aryl methyl sites for hydroxylation is 1. The molecule has 124 valence electrons. The van der Waals surface area contributed by atoms with Gasteiger partial charge >= 0.3 is 0 Å². The maximum Gasteiger partial charge on any atom is 0.251 e. The Morgan fingerprint density at radius 3 is 2.39 bits per heavy atom. The summed E-state index contributed by atoms with van der Waals surface area (Å²) in [7, 11) is 1.67. The molecule has 2 rings (SSSR count). The highest BCUT2D eigenvalue weighted by atomic mass is 35.5. The lowest BCUT2D eigenvalue weighted by atomic mass is 10.1. The van der Waals surface area contributed by atoms with Crippen LogP contribution in [0.4, 0.5) is 0 Å². The zero-order valence-corrected chi connectivity index (χ0v) is 14.3. The summed E-state index contributed by atoms with van der Waals surface area (Å²) in [6, 6.07) is 13.4. The molecule has 0 fully saturated rings. The lowest BCUT2D eigenvalue weighted by Crippen LogP contribution is -2.25. The van der Waals surface area contributed by atoms with Crippen LogP contribution in [0, 0.1) is 6.92 Å². The van der Waals surface area contributed by atoms with E-state index in [1.165, 1.54) is 0 Å². The van der Waals surface area contributed by atoms with E-state index in [1.54, 1.807) is 19.2 Å². The van der Waals surface area contributed by atoms with Gasteiger partial charge in [-0.15, -0.1) is 12.4 Å². The summed E-state index contributed by atoms with van der Waals surface area (Å²) < 4.78 is 5.31. The number of halogens is 1. The zero-order chi connectivity index (χ0) is 15.9. The van der Waals surface area contributed by atoms with Gasteiger partial charge in [0.05, 0.1) is 7.11 Å². The van der Waals surface area contributed by atoms with Gasteiger partial charge in [0.2, 0.25) is 0 Å². The first-order valence-electron chi connectivity index (χ1n) is 7.34. The van der Waals surface area contributed by atoms with Crippen molar-refractivity contribution in [1.82, 2.24) is 5.32 Å². The van der Waals surface area contributed by atoms with Crippen molar-refractivity contribution in [2.45, 2.75) is 19.9 Å². The number of ether oxygens (including phenoxy) is 1. The number of benzene rings is 2. The van der Waals surface area contributed by atoms with Crippen molar-refractivity contribution in [3.05, 3.63) is 64.7 Å². The fourth-order valence-electron chi connectivity index (χ4n) is 2.23. The lowest BCUT2D eigenvalue weighted by molar-refractivity contribution is 0.0954. The molecule has 0 saturated carbocycles. The fraction of sp³-hybridized carbons (Fsp3) is 0.278. The molecule has 0 radical (unpaired) electrons. The minimum Gasteiger partial charge on any atom is -0.496 e. The van der Waals surface area contributed by atoms with Crippen LogP contribution >= 0.6 is 12.4 Å². The Kier molecular flexibility index (Phi) is 7.59. The van der Waals surface area contributed by atoms with E-state index in [1.807, 2.05) is 31.2 Å². The van der Waals surface area contributed by atoms with Crippen LogP contribution in [0.2, 0.25) is 0 Å². The fourth-order valence-corrected chi connectivity index (χ4v) is 2.23. The van der Waals surface area contributed by atoms with Crippen molar-refractivity contribution in [2.24, 2.45) is 5.73 Å². The third-order valence-electron chi connectivity index (χ3n) is 3.62. The first-order valence-corrected chi connectivity index (χ1v) is 7.34. The van der Waals surface area contributed by atoms with Gasteiger partial charge in [0.25, 0.3) is 5.91 Å². The molecule has 0 heterocycles. The van der Waals surface area contributed by atoms with Crippen molar-refractivity contribution in [3.63, 3.8) is 0 Å². The molecule has 5 heteroatoms. The molecular formula is C18H23ClN2O2. The average Bonchev–Trinajstić information content (AvgIpc) is 2.56. The van der Waals surface area contributed by atoms with Gasteiger partial charge in [-0.05, 0) is 48.2 Å². The molecule has 3 N–H and O–H groups in total. The smallest absolute Gasteiger partial charge is 0.251 e. The number of carbonyl (C=O) groups excluding carboxylic acids is 1. The Balaban J connectivity index is 0.00000264. The molecule has 0 aromatic heterocycles. The number of amides is 1. The summed E-state index contributed by atoms with van der Waals surface area (Å²) >= 11 is 0. The molecule has 0 bridgehead atoms. The van der Waals surface area contributed by atoms with E-state index in [-0.39, 0.29) is 18.3 Å². The summed E-state index contributed by atoms with van der Waals surface area (Å²) in [5, 5.41) is 2.93. The van der Waals surface area contributed by atoms with Gasteiger partial charge in [0, 0.05) is 18.7 Å². The molecule has 0 saturated heterocycles. The molecule has 2 aromatic carbocycles. The Bertz CT molecular complexity index is 642. The number of rotatable bonds is 6. The second-order valence-electron chi connectivity index (χ2n) is 5.21. The first-order chi connectivity index (χ1) is 10.6. The predicted octanol–water partition coefficient (Wildman–Crippen LogP) is 2.86. The Morgan fingerprint density at radius 2 is 1.78 bits per heavy atom. The number of nitrogens with two attached hydrogens (primary N) is 1. The summed E-state index contributed by atoms with van der Waals surface area (Å²) in [5.74, 6) is 0.809. The Morgan fingerprint density at radius 1 is 1.13 bits per heavy atom. The van der Waals surface area contributed by atoms with Gasteiger partial charge in [-0.2, -0.15) is 0 Å². The topological polar surface area (TPSA) is 64.3 Å². The van der Waals surface area contributed by atoms with Gasteiger partial charge in [0.15, 0.2) is 0 Å². The maximum absolute atomic E-state index is 12.0. The maximum atomic E-state index is 12.0. The van der Waals surface area contributed by atoms with Gasteiger partial charge in [0.1, 0.15) is 5.75 Å². The van der Waals surface area contributed by atoms with Crippen LogP contribution in [0.25, 0.3) is 0 Å². The van der Waals surface area contributed by atoms with Crippen LogP contribution < -0.4 is 15.8 Å². The van der Waals surface area contributed by atoms with Gasteiger partial charge in [-0.25, -0.2) is 0 Å². The second kappa shape index (κ2) is 9.18. The van der Waals surface area contributed by atoms with Crippen LogP contribution in [0.15, 0.2) is 42.5 Å². The molecule has 0 atom stereocenters. The van der Waals surface area contributed by atoms with Crippen LogP contribution in [0.3, 0.4) is 0 Å². The second-order valence-corrected chi connectivity index (χ2v) is 5.21. The number of methoxy groups -OCH3 is 1. The molecule has 1 amide bonds. The van der Waals surface area contributed by atoms with Crippen LogP contribution in [-0.4, -0.2) is 19.6 Å². The molecule has 2 aromatic rings. The quantitative estimate of drug-likeness (QED) is 0.853. The molecular weight excluding hydrogens is 312 g/mol. The van der Waals surface area contributed by atoms with E-state index in [2.05, 4.69) is 11.4 Å². The highest BCUT2D eigenvalue weighted by molar-refractivity contribution is 5.94. The van der Waals surface area contributed by atoms with Gasteiger partial charge in [-0.3, -0.25) is 4.79 Å². The summed E-state index contributed by atoms with van der Waals surface area (Å²) in [6.07, 6.45) is 0.767. The van der Waals surface area contributed by atoms with E-state index < -0.39 is 0 Å². The van der Waals surface area contributed by atoms with Crippen molar-refractivity contribution < 1.29 is 9.53 Å². The number of carbonyl (C=O) groups is 1. The third kappa shape index (κ3) is 5.27. The number of hydrogen-bond donors (Lipinski definition) is 2. The third-order valence-corrected chi connectivity index (χ3v) is 3.62. The SMILES string of the molecule is COc1cc(CCNC(=O)c2ccc(CN)cc2)ccc1C.Cl. The highest BCUT2D eigenvalue weighted by Gasteiger charge is 2.05. The van der Waals surface area contributed by atoms with Crippen molar-refractivity contribution in [1.29, 1.82) is 0 Å². The molecule has 0 aliphatic rings. The van der Waals surface area contributed by atoms with E-state index in [9.17, 15) is 4.79 Å². The summed E-state index contributed by atoms with van der Waals surface area (Å²) in [4.78, 5) is 12.0. The molecule has 0 spiro atoms. The van der Waals surface area contributed by atoms with Crippen LogP contribution in [0.5, 0.6) is 5.75 Å². The summed E-state index contributed by atoms with van der Waals surface area (Å²) in [6.45, 7) is 3.08. The molecule has 4 nitrogen and oxygen atoms in total. The van der Waals surface area contributed by atoms with Crippen LogP contribution in [0.1, 0.15) is 27.0 Å². The lowest BCUT2D eigenvalue weighted by Gasteiger charge is -2.09. The molecule has 0 aliphatic heterocycles. The predicted molar refractivity (Wildman–Crippen MR) is 95.3 cm³/mol. The number of hydrogen-bond acceptors (Lipinski definition) is 3. The normalized spacial score (nSPS) is 9.87. The number of nitrogens with one attached hydrogen (secondary N) is 1. The Hall–Kier alpha value is -2.04. The standard InChI is InChI=1S/C18H22N2O2.ClH/c1-13-3-4-14(11-17(13)22-2)9-10-20-18(21)16-7-5-15(12-19)6-8-16;/h3-8,11H,9-10,12,19H2,1-2H3,(H,20,21);1H. The highest BCUT2D eigenvalue weighted by Crippen LogP contribution is 2.19. The van der Waals surface area contributed by atoms with Crippen molar-refractivity contribution >= 4 is 18.3 Å².